The van der Waals surface area contributed by atoms with E-state index in [0.717, 1.165) is 6.26 Å². The smallest absolute Gasteiger partial charge is 0.251 e. The first-order valence-electron chi connectivity index (χ1n) is 6.00. The van der Waals surface area contributed by atoms with Crippen LogP contribution in [0.2, 0.25) is 0 Å². The van der Waals surface area contributed by atoms with Crippen LogP contribution in [-0.4, -0.2) is 45.5 Å². The molecule has 0 unspecified atom stereocenters. The normalized spacial score (nSPS) is 10.8. The summed E-state index contributed by atoms with van der Waals surface area (Å²) >= 11 is 5.30. The molecule has 1 aromatic rings. The third-order valence-corrected chi connectivity index (χ3v) is 3.15. The average molecular weight is 334 g/mol. The first-order chi connectivity index (χ1) is 9.81. The van der Waals surface area contributed by atoms with Crippen molar-refractivity contribution in [3.05, 3.63) is 29.8 Å². The van der Waals surface area contributed by atoms with Crippen LogP contribution in [0.15, 0.2) is 24.3 Å². The van der Waals surface area contributed by atoms with Gasteiger partial charge in [-0.15, -0.1) is 11.6 Å². The van der Waals surface area contributed by atoms with Crippen LogP contribution < -0.4 is 15.4 Å². The van der Waals surface area contributed by atoms with Gasteiger partial charge in [0.15, 0.2) is 0 Å². The maximum absolute atomic E-state index is 11.8. The first kappa shape index (κ1) is 17.3. The van der Waals surface area contributed by atoms with Crippen molar-refractivity contribution in [2.45, 2.75) is 0 Å². The summed E-state index contributed by atoms with van der Waals surface area (Å²) in [5, 5.41) is 5.12. The molecule has 2 amide bonds. The molecule has 116 valence electrons. The lowest BCUT2D eigenvalue weighted by atomic mass is 10.2. The molecule has 0 bridgehead atoms. The van der Waals surface area contributed by atoms with E-state index in [-0.39, 0.29) is 30.8 Å². The van der Waals surface area contributed by atoms with Crippen molar-refractivity contribution in [3.63, 3.8) is 0 Å². The predicted molar refractivity (Wildman–Crippen MR) is 81.0 cm³/mol. The molecule has 0 radical (unpaired) electrons. The Hall–Kier alpha value is -1.80. The molecule has 0 aliphatic heterocycles. The third-order valence-electron chi connectivity index (χ3n) is 2.30. The first-order valence-corrected chi connectivity index (χ1v) is 8.43. The molecule has 0 heterocycles. The summed E-state index contributed by atoms with van der Waals surface area (Å²) in [5.41, 5.74) is 0.765. The molecule has 0 saturated carbocycles. The zero-order valence-corrected chi connectivity index (χ0v) is 12.9. The second kappa shape index (κ2) is 7.84. The van der Waals surface area contributed by atoms with Crippen molar-refractivity contribution in [2.75, 3.05) is 29.9 Å². The molecule has 0 aliphatic carbocycles. The number of carbonyl (C=O) groups excluding carboxylic acids is 2. The number of halogens is 1. The Morgan fingerprint density at radius 2 is 1.67 bits per heavy atom. The van der Waals surface area contributed by atoms with E-state index in [1.54, 1.807) is 0 Å². The lowest BCUT2D eigenvalue weighted by Gasteiger charge is -2.07. The number of nitrogens with one attached hydrogen (secondary N) is 3. The van der Waals surface area contributed by atoms with Gasteiger partial charge in [-0.1, -0.05) is 0 Å². The van der Waals surface area contributed by atoms with Crippen LogP contribution in [0.25, 0.3) is 0 Å². The van der Waals surface area contributed by atoms with E-state index in [1.165, 1.54) is 24.3 Å². The van der Waals surface area contributed by atoms with E-state index < -0.39 is 10.0 Å². The summed E-state index contributed by atoms with van der Waals surface area (Å²) in [4.78, 5) is 22.6. The average Bonchev–Trinajstić information content (AvgIpc) is 2.42. The van der Waals surface area contributed by atoms with Gasteiger partial charge in [0.1, 0.15) is 5.88 Å². The molecule has 21 heavy (non-hydrogen) atoms. The fourth-order valence-electron chi connectivity index (χ4n) is 1.43. The maximum atomic E-state index is 11.8. The topological polar surface area (TPSA) is 104 Å². The van der Waals surface area contributed by atoms with Crippen LogP contribution in [0.4, 0.5) is 5.69 Å². The van der Waals surface area contributed by atoms with Gasteiger partial charge >= 0.3 is 0 Å². The highest BCUT2D eigenvalue weighted by Crippen LogP contribution is 2.10. The summed E-state index contributed by atoms with van der Waals surface area (Å²) in [6, 6.07) is 5.98. The predicted octanol–water partition coefficient (Wildman–Crippen LogP) is 0.143. The highest BCUT2D eigenvalue weighted by Gasteiger charge is 2.06. The molecule has 7 nitrogen and oxygen atoms in total. The zero-order valence-electron chi connectivity index (χ0n) is 11.3. The monoisotopic (exact) mass is 333 g/mol. The standard InChI is InChI=1S/C12H16ClN3O4S/c1-21(19,20)16-10-4-2-9(3-5-10)12(18)15-7-6-14-11(17)8-13/h2-5,16H,6-8H2,1H3,(H,14,17)(H,15,18). The SMILES string of the molecule is CS(=O)(=O)Nc1ccc(C(=O)NCCNC(=O)CCl)cc1. The van der Waals surface area contributed by atoms with Crippen molar-refractivity contribution < 1.29 is 18.0 Å². The molecule has 0 atom stereocenters. The number of alkyl halides is 1. The van der Waals surface area contributed by atoms with E-state index in [9.17, 15) is 18.0 Å². The van der Waals surface area contributed by atoms with E-state index >= 15 is 0 Å². The number of sulfonamides is 1. The Morgan fingerprint density at radius 1 is 1.10 bits per heavy atom. The van der Waals surface area contributed by atoms with Gasteiger partial charge in [-0.25, -0.2) is 8.42 Å². The maximum Gasteiger partial charge on any atom is 0.251 e. The molecule has 0 fully saturated rings. The Labute approximate surface area is 128 Å². The van der Waals surface area contributed by atoms with Crippen molar-refractivity contribution in [1.29, 1.82) is 0 Å². The second-order valence-corrected chi connectivity index (χ2v) is 6.21. The number of hydrogen-bond donors (Lipinski definition) is 3. The van der Waals surface area contributed by atoms with Crippen molar-refractivity contribution in [1.82, 2.24) is 10.6 Å². The fourth-order valence-corrected chi connectivity index (χ4v) is 2.09. The van der Waals surface area contributed by atoms with Crippen LogP contribution >= 0.6 is 11.6 Å². The van der Waals surface area contributed by atoms with Crippen molar-refractivity contribution in [2.24, 2.45) is 0 Å². The molecule has 0 aliphatic rings. The van der Waals surface area contributed by atoms with Crippen LogP contribution in [0, 0.1) is 0 Å². The van der Waals surface area contributed by atoms with Gasteiger partial charge in [0.2, 0.25) is 15.9 Å². The Balaban J connectivity index is 2.46. The van der Waals surface area contributed by atoms with E-state index in [1.807, 2.05) is 0 Å². The summed E-state index contributed by atoms with van der Waals surface area (Å²) in [5.74, 6) is -0.744. The summed E-state index contributed by atoms with van der Waals surface area (Å²) < 4.78 is 24.4. The van der Waals surface area contributed by atoms with Gasteiger partial charge in [0, 0.05) is 24.3 Å². The molecule has 1 rings (SSSR count). The summed E-state index contributed by atoms with van der Waals surface area (Å²) in [6.45, 7) is 0.551. The molecule has 0 saturated heterocycles. The lowest BCUT2D eigenvalue weighted by molar-refractivity contribution is -0.118. The minimum Gasteiger partial charge on any atom is -0.353 e. The Morgan fingerprint density at radius 3 is 2.19 bits per heavy atom. The van der Waals surface area contributed by atoms with E-state index in [0.29, 0.717) is 11.3 Å². The Bertz CT molecular complexity index is 601. The van der Waals surface area contributed by atoms with E-state index in [2.05, 4.69) is 15.4 Å². The van der Waals surface area contributed by atoms with Crippen LogP contribution in [0.5, 0.6) is 0 Å². The molecule has 9 heteroatoms. The number of amides is 2. The van der Waals surface area contributed by atoms with Gasteiger partial charge < -0.3 is 10.6 Å². The van der Waals surface area contributed by atoms with Crippen molar-refractivity contribution >= 4 is 39.1 Å². The number of benzene rings is 1. The quantitative estimate of drug-likeness (QED) is 0.487. The molecule has 0 aromatic heterocycles. The van der Waals surface area contributed by atoms with Crippen molar-refractivity contribution in [3.8, 4) is 0 Å². The van der Waals surface area contributed by atoms with Gasteiger partial charge in [-0.05, 0) is 24.3 Å². The molecule has 1 aromatic carbocycles. The molecule has 3 N–H and O–H groups in total. The number of hydrogen-bond acceptors (Lipinski definition) is 4. The lowest BCUT2D eigenvalue weighted by Crippen LogP contribution is -2.35. The minimum atomic E-state index is -3.34. The molecular formula is C12H16ClN3O4S. The second-order valence-electron chi connectivity index (χ2n) is 4.19. The summed E-state index contributed by atoms with van der Waals surface area (Å²) in [7, 11) is -3.34. The zero-order chi connectivity index (χ0) is 15.9. The van der Waals surface area contributed by atoms with E-state index in [4.69, 9.17) is 11.6 Å². The van der Waals surface area contributed by atoms with Crippen LogP contribution in [0.3, 0.4) is 0 Å². The third kappa shape index (κ3) is 6.96. The molecule has 0 spiro atoms. The van der Waals surface area contributed by atoms with Gasteiger partial charge in [0.05, 0.1) is 6.26 Å². The van der Waals surface area contributed by atoms with Crippen LogP contribution in [-0.2, 0) is 14.8 Å². The summed E-state index contributed by atoms with van der Waals surface area (Å²) in [6.07, 6.45) is 1.04. The van der Waals surface area contributed by atoms with Gasteiger partial charge in [-0.3, -0.25) is 14.3 Å². The number of anilines is 1. The molecular weight excluding hydrogens is 318 g/mol. The van der Waals surface area contributed by atoms with Gasteiger partial charge in [0.25, 0.3) is 5.91 Å². The largest absolute Gasteiger partial charge is 0.353 e. The van der Waals surface area contributed by atoms with Gasteiger partial charge in [-0.2, -0.15) is 0 Å². The Kier molecular flexibility index (Phi) is 6.44. The number of rotatable bonds is 7. The van der Waals surface area contributed by atoms with Crippen LogP contribution in [0.1, 0.15) is 10.4 Å². The minimum absolute atomic E-state index is 0.122. The highest BCUT2D eigenvalue weighted by atomic mass is 35.5. The number of carbonyl (C=O) groups is 2. The fraction of sp³-hybridized carbons (Fsp3) is 0.333. The highest BCUT2D eigenvalue weighted by molar-refractivity contribution is 7.92.